The molecule has 0 spiro atoms. The van der Waals surface area contributed by atoms with Gasteiger partial charge in [0.2, 0.25) is 11.8 Å². The fourth-order valence-electron chi connectivity index (χ4n) is 5.47. The molecule has 1 aromatic carbocycles. The van der Waals surface area contributed by atoms with E-state index in [1.807, 2.05) is 36.2 Å². The van der Waals surface area contributed by atoms with Crippen LogP contribution in [0.2, 0.25) is 0 Å². The summed E-state index contributed by atoms with van der Waals surface area (Å²) in [4.78, 5) is 34.9. The number of hydrogen-bond donors (Lipinski definition) is 2. The van der Waals surface area contributed by atoms with Crippen LogP contribution in [0.25, 0.3) is 0 Å². The lowest BCUT2D eigenvalue weighted by molar-refractivity contribution is -0.139. The monoisotopic (exact) mass is 495 g/mol. The lowest BCUT2D eigenvalue weighted by atomic mass is 9.83. The molecule has 2 aromatic rings. The summed E-state index contributed by atoms with van der Waals surface area (Å²) in [5, 5.41) is 6.01. The quantitative estimate of drug-likeness (QED) is 0.570. The minimum atomic E-state index is -0.586. The van der Waals surface area contributed by atoms with Crippen molar-refractivity contribution < 1.29 is 14.0 Å². The Labute approximate surface area is 213 Å². The number of nitrogens with one attached hydrogen (secondary N) is 2. The van der Waals surface area contributed by atoms with Gasteiger partial charge in [0.05, 0.1) is 12.1 Å². The fourth-order valence-corrected chi connectivity index (χ4v) is 5.47. The van der Waals surface area contributed by atoms with Crippen LogP contribution in [0.15, 0.2) is 42.6 Å². The number of carbonyl (C=O) groups is 2. The third kappa shape index (κ3) is 5.69. The largest absolute Gasteiger partial charge is 0.343 e. The first-order valence-electron chi connectivity index (χ1n) is 13.1. The van der Waals surface area contributed by atoms with Crippen molar-refractivity contribution in [3.8, 4) is 0 Å². The van der Waals surface area contributed by atoms with Crippen molar-refractivity contribution in [1.29, 1.82) is 0 Å². The van der Waals surface area contributed by atoms with Crippen molar-refractivity contribution in [3.05, 3.63) is 54.0 Å². The van der Waals surface area contributed by atoms with Crippen LogP contribution in [-0.4, -0.2) is 54.4 Å². The molecule has 0 radical (unpaired) electrons. The molecule has 3 atom stereocenters. The molecule has 1 aliphatic carbocycles. The van der Waals surface area contributed by atoms with Crippen molar-refractivity contribution in [2.45, 2.75) is 70.0 Å². The summed E-state index contributed by atoms with van der Waals surface area (Å²) in [5.41, 5.74) is 1.32. The number of likely N-dealkylation sites (tertiary alicyclic amines) is 1. The lowest BCUT2D eigenvalue weighted by Crippen LogP contribution is -2.55. The Hall–Kier alpha value is -3.00. The maximum Gasteiger partial charge on any atom is 0.245 e. The predicted molar refractivity (Wildman–Crippen MR) is 139 cm³/mol. The number of likely N-dealkylation sites (N-methyl/N-ethyl adjacent to an activating group) is 1. The number of anilines is 2. The summed E-state index contributed by atoms with van der Waals surface area (Å²) < 4.78 is 15.2. The molecule has 1 saturated heterocycles. The van der Waals surface area contributed by atoms with Crippen LogP contribution >= 0.6 is 0 Å². The lowest BCUT2D eigenvalue weighted by Gasteiger charge is -2.35. The molecule has 2 N–H and O–H groups in total. The predicted octanol–water partition coefficient (Wildman–Crippen LogP) is 4.33. The second-order valence-electron chi connectivity index (χ2n) is 10.0. The molecule has 194 valence electrons. The van der Waals surface area contributed by atoms with E-state index >= 15 is 4.39 Å². The van der Waals surface area contributed by atoms with Gasteiger partial charge in [-0.15, -0.1) is 0 Å². The Bertz CT molecular complexity index is 1040. The van der Waals surface area contributed by atoms with Crippen LogP contribution in [-0.2, 0) is 9.59 Å². The van der Waals surface area contributed by atoms with E-state index in [4.69, 9.17) is 0 Å². The van der Waals surface area contributed by atoms with Gasteiger partial charge in [0.25, 0.3) is 0 Å². The molecule has 2 fully saturated rings. The van der Waals surface area contributed by atoms with Gasteiger partial charge in [-0.3, -0.25) is 9.59 Å². The smallest absolute Gasteiger partial charge is 0.245 e. The molecule has 2 amide bonds. The molecule has 1 aliphatic heterocycles. The Morgan fingerprint density at radius 3 is 2.58 bits per heavy atom. The van der Waals surface area contributed by atoms with Gasteiger partial charge in [-0.1, -0.05) is 25.3 Å². The van der Waals surface area contributed by atoms with E-state index in [2.05, 4.69) is 15.6 Å². The van der Waals surface area contributed by atoms with Gasteiger partial charge in [0.15, 0.2) is 0 Å². The number of halogens is 1. The third-order valence-corrected chi connectivity index (χ3v) is 7.77. The molecular weight excluding hydrogens is 457 g/mol. The molecule has 1 aromatic heterocycles. The number of nitrogens with zero attached hydrogens (tertiary/aromatic N) is 3. The van der Waals surface area contributed by atoms with Crippen LogP contribution < -0.4 is 15.5 Å². The van der Waals surface area contributed by atoms with E-state index in [0.29, 0.717) is 18.5 Å². The van der Waals surface area contributed by atoms with E-state index in [1.54, 1.807) is 31.1 Å². The highest BCUT2D eigenvalue weighted by molar-refractivity contribution is 5.90. The second kappa shape index (κ2) is 11.8. The van der Waals surface area contributed by atoms with E-state index < -0.39 is 12.1 Å². The number of amides is 2. The molecule has 8 heteroatoms. The Morgan fingerprint density at radius 1 is 1.11 bits per heavy atom. The normalized spacial score (nSPS) is 20.1. The van der Waals surface area contributed by atoms with E-state index in [0.717, 1.165) is 50.0 Å². The SMILES string of the molecule is CN[C@@H](C)C(=O)N[C@H](C(=O)N1CCC[C@H]1c1cc(N(C)c2ccccn2)ccc1F)C1CCCCC1. The minimum absolute atomic E-state index is 0.0936. The van der Waals surface area contributed by atoms with Crippen LogP contribution in [0, 0.1) is 11.7 Å². The van der Waals surface area contributed by atoms with Crippen LogP contribution in [0.1, 0.15) is 63.5 Å². The van der Waals surface area contributed by atoms with Gasteiger partial charge in [-0.2, -0.15) is 0 Å². The highest BCUT2D eigenvalue weighted by Gasteiger charge is 2.39. The molecule has 4 rings (SSSR count). The summed E-state index contributed by atoms with van der Waals surface area (Å²) in [7, 11) is 3.63. The number of aromatic nitrogens is 1. The fraction of sp³-hybridized carbons (Fsp3) is 0.536. The first kappa shape index (κ1) is 26.1. The van der Waals surface area contributed by atoms with Crippen LogP contribution in [0.5, 0.6) is 0 Å². The molecule has 1 saturated carbocycles. The summed E-state index contributed by atoms with van der Waals surface area (Å²) in [6, 6.07) is 9.36. The zero-order valence-electron chi connectivity index (χ0n) is 21.5. The number of carbonyl (C=O) groups excluding carboxylic acids is 2. The zero-order valence-corrected chi connectivity index (χ0v) is 21.5. The van der Waals surface area contributed by atoms with E-state index in [9.17, 15) is 9.59 Å². The van der Waals surface area contributed by atoms with Crippen molar-refractivity contribution in [2.24, 2.45) is 5.92 Å². The Balaban J connectivity index is 1.60. The average molecular weight is 496 g/mol. The average Bonchev–Trinajstić information content (AvgIpc) is 3.41. The number of benzene rings is 1. The standard InChI is InChI=1S/C28H38FN5O2/c1-19(30-2)27(35)32-26(20-10-5-4-6-11-20)28(36)34-17-9-12-24(34)22-18-21(14-15-23(22)29)33(3)25-13-7-8-16-31-25/h7-8,13-16,18-20,24,26,30H,4-6,9-12,17H2,1-3H3,(H,32,35)/t19-,24-,26-/m0/s1. The Morgan fingerprint density at radius 2 is 1.89 bits per heavy atom. The summed E-state index contributed by atoms with van der Waals surface area (Å²) in [6.45, 7) is 2.35. The summed E-state index contributed by atoms with van der Waals surface area (Å²) in [6.07, 6.45) is 8.34. The number of rotatable bonds is 8. The summed E-state index contributed by atoms with van der Waals surface area (Å²) in [5.74, 6) is 0.270. The van der Waals surface area contributed by atoms with E-state index in [-0.39, 0.29) is 29.6 Å². The van der Waals surface area contributed by atoms with Gasteiger partial charge >= 0.3 is 0 Å². The van der Waals surface area contributed by atoms with Crippen molar-refractivity contribution in [2.75, 3.05) is 25.5 Å². The van der Waals surface area contributed by atoms with Crippen LogP contribution in [0.4, 0.5) is 15.9 Å². The van der Waals surface area contributed by atoms with Crippen molar-refractivity contribution >= 4 is 23.3 Å². The first-order chi connectivity index (χ1) is 17.4. The molecular formula is C28H38FN5O2. The maximum atomic E-state index is 15.2. The molecule has 2 aliphatic rings. The van der Waals surface area contributed by atoms with Gasteiger partial charge in [-0.05, 0) is 75.9 Å². The van der Waals surface area contributed by atoms with Crippen LogP contribution in [0.3, 0.4) is 0 Å². The van der Waals surface area contributed by atoms with Gasteiger partial charge < -0.3 is 20.4 Å². The highest BCUT2D eigenvalue weighted by Crippen LogP contribution is 2.38. The number of hydrogen-bond acceptors (Lipinski definition) is 5. The molecule has 0 unspecified atom stereocenters. The van der Waals surface area contributed by atoms with E-state index in [1.165, 1.54) is 6.07 Å². The Kier molecular flexibility index (Phi) is 8.56. The molecule has 0 bridgehead atoms. The topological polar surface area (TPSA) is 77.6 Å². The second-order valence-corrected chi connectivity index (χ2v) is 10.0. The van der Waals surface area contributed by atoms with Gasteiger partial charge in [0, 0.05) is 31.0 Å². The molecule has 36 heavy (non-hydrogen) atoms. The highest BCUT2D eigenvalue weighted by atomic mass is 19.1. The first-order valence-corrected chi connectivity index (χ1v) is 13.1. The molecule has 2 heterocycles. The minimum Gasteiger partial charge on any atom is -0.343 e. The van der Waals surface area contributed by atoms with Crippen molar-refractivity contribution in [1.82, 2.24) is 20.5 Å². The number of pyridine rings is 1. The maximum absolute atomic E-state index is 15.2. The zero-order chi connectivity index (χ0) is 25.7. The van der Waals surface area contributed by atoms with Gasteiger partial charge in [-0.25, -0.2) is 9.37 Å². The summed E-state index contributed by atoms with van der Waals surface area (Å²) >= 11 is 0. The van der Waals surface area contributed by atoms with Crippen molar-refractivity contribution in [3.63, 3.8) is 0 Å². The van der Waals surface area contributed by atoms with Gasteiger partial charge in [0.1, 0.15) is 17.7 Å². The molecule has 7 nitrogen and oxygen atoms in total. The third-order valence-electron chi connectivity index (χ3n) is 7.77.